The lowest BCUT2D eigenvalue weighted by Gasteiger charge is -2.15. The minimum absolute atomic E-state index is 0.578. The first-order valence-electron chi connectivity index (χ1n) is 16.5. The first-order valence-corrected chi connectivity index (χ1v) is 16.5. The zero-order valence-electron chi connectivity index (χ0n) is 27.8. The largest absolute Gasteiger partial charge is 0.388 e. The van der Waals surface area contributed by atoms with Crippen molar-refractivity contribution in [1.82, 2.24) is 24.9 Å². The van der Waals surface area contributed by atoms with Crippen molar-refractivity contribution in [2.24, 2.45) is 0 Å². The van der Waals surface area contributed by atoms with E-state index in [2.05, 4.69) is 84.0 Å². The zero-order valence-corrected chi connectivity index (χ0v) is 27.8. The van der Waals surface area contributed by atoms with Gasteiger partial charge in [0.05, 0.1) is 11.4 Å². The van der Waals surface area contributed by atoms with Crippen LogP contribution >= 0.6 is 0 Å². The fraction of sp³-hybridized carbons (Fsp3) is 0.0930. The van der Waals surface area contributed by atoms with Gasteiger partial charge in [0.15, 0.2) is 17.5 Å². The first kappa shape index (κ1) is 31.3. The predicted octanol–water partition coefficient (Wildman–Crippen LogP) is 10.6. The molecule has 7 aromatic rings. The SMILES string of the molecule is C/C=C\C(=C/CC)c1cc(NC)cc(-c2cc(-c3nc(-c4ccccc4)nc(-c4ccccc4)n3)cc(-c3cncc4ccccc34)c2)n1. The molecule has 1 N–H and O–H groups in total. The fourth-order valence-corrected chi connectivity index (χ4v) is 5.97. The van der Waals surface area contributed by atoms with Crippen LogP contribution in [0.4, 0.5) is 5.69 Å². The van der Waals surface area contributed by atoms with Gasteiger partial charge in [-0.2, -0.15) is 0 Å². The molecule has 0 aliphatic carbocycles. The van der Waals surface area contributed by atoms with E-state index in [1.165, 1.54) is 0 Å². The molecule has 0 aliphatic heterocycles. The highest BCUT2D eigenvalue weighted by Crippen LogP contribution is 2.36. The van der Waals surface area contributed by atoms with Gasteiger partial charge in [-0.25, -0.2) is 19.9 Å². The van der Waals surface area contributed by atoms with Gasteiger partial charge in [-0.1, -0.05) is 110 Å². The minimum Gasteiger partial charge on any atom is -0.388 e. The van der Waals surface area contributed by atoms with Crippen molar-refractivity contribution in [3.05, 3.63) is 152 Å². The summed E-state index contributed by atoms with van der Waals surface area (Å²) in [5, 5.41) is 5.54. The van der Waals surface area contributed by atoms with Gasteiger partial charge in [0.2, 0.25) is 0 Å². The van der Waals surface area contributed by atoms with Gasteiger partial charge < -0.3 is 5.32 Å². The Hall–Kier alpha value is -6.27. The van der Waals surface area contributed by atoms with Crippen molar-refractivity contribution in [3.63, 3.8) is 0 Å². The van der Waals surface area contributed by atoms with E-state index in [1.807, 2.05) is 93.1 Å². The van der Waals surface area contributed by atoms with Crippen molar-refractivity contribution in [2.75, 3.05) is 12.4 Å². The van der Waals surface area contributed by atoms with Crippen molar-refractivity contribution in [2.45, 2.75) is 20.3 Å². The number of aromatic nitrogens is 5. The van der Waals surface area contributed by atoms with E-state index in [4.69, 9.17) is 19.9 Å². The normalized spacial score (nSPS) is 11.7. The quantitative estimate of drug-likeness (QED) is 0.159. The molecule has 0 fully saturated rings. The lowest BCUT2D eigenvalue weighted by atomic mass is 9.95. The molecule has 0 saturated heterocycles. The molecule has 0 spiro atoms. The van der Waals surface area contributed by atoms with E-state index in [9.17, 15) is 0 Å². The van der Waals surface area contributed by atoms with Crippen LogP contribution < -0.4 is 5.32 Å². The number of benzene rings is 4. The molecule has 0 aliphatic rings. The maximum absolute atomic E-state index is 5.22. The van der Waals surface area contributed by atoms with Crippen LogP contribution in [-0.2, 0) is 0 Å². The summed E-state index contributed by atoms with van der Waals surface area (Å²) in [5.74, 6) is 1.80. The van der Waals surface area contributed by atoms with Gasteiger partial charge in [-0.05, 0) is 60.2 Å². The van der Waals surface area contributed by atoms with Crippen molar-refractivity contribution in [1.29, 1.82) is 0 Å². The third-order valence-electron chi connectivity index (χ3n) is 8.35. The Balaban J connectivity index is 1.50. The second-order valence-electron chi connectivity index (χ2n) is 11.7. The number of nitrogens with one attached hydrogen (secondary N) is 1. The highest BCUT2D eigenvalue weighted by atomic mass is 15.0. The molecule has 0 bridgehead atoms. The van der Waals surface area contributed by atoms with E-state index in [-0.39, 0.29) is 0 Å². The first-order chi connectivity index (χ1) is 24.1. The van der Waals surface area contributed by atoms with Gasteiger partial charge in [-0.15, -0.1) is 0 Å². The Morgan fingerprint density at radius 2 is 1.24 bits per heavy atom. The molecule has 3 heterocycles. The zero-order chi connectivity index (χ0) is 33.6. The molecule has 0 unspecified atom stereocenters. The van der Waals surface area contributed by atoms with E-state index in [0.29, 0.717) is 17.5 Å². The monoisotopic (exact) mass is 636 g/mol. The van der Waals surface area contributed by atoms with E-state index >= 15 is 0 Å². The number of anilines is 1. The molecule has 3 aromatic heterocycles. The highest BCUT2D eigenvalue weighted by Gasteiger charge is 2.17. The molecule has 6 heteroatoms. The van der Waals surface area contributed by atoms with Gasteiger partial charge in [0.1, 0.15) is 0 Å². The maximum atomic E-state index is 5.22. The third-order valence-corrected chi connectivity index (χ3v) is 8.35. The van der Waals surface area contributed by atoms with E-state index in [1.54, 1.807) is 0 Å². The van der Waals surface area contributed by atoms with E-state index in [0.717, 1.165) is 73.2 Å². The average Bonchev–Trinajstić information content (AvgIpc) is 3.17. The van der Waals surface area contributed by atoms with Crippen LogP contribution in [0.1, 0.15) is 26.0 Å². The number of fused-ring (bicyclic) bond motifs is 1. The highest BCUT2D eigenvalue weighted by molar-refractivity contribution is 5.97. The summed E-state index contributed by atoms with van der Waals surface area (Å²) in [4.78, 5) is 24.9. The predicted molar refractivity (Wildman–Crippen MR) is 203 cm³/mol. The third kappa shape index (κ3) is 6.76. The minimum atomic E-state index is 0.578. The summed E-state index contributed by atoms with van der Waals surface area (Å²) >= 11 is 0. The Kier molecular flexibility index (Phi) is 9.10. The molecule has 238 valence electrons. The maximum Gasteiger partial charge on any atom is 0.164 e. The molecule has 7 rings (SSSR count). The Morgan fingerprint density at radius 3 is 1.90 bits per heavy atom. The van der Waals surface area contributed by atoms with Crippen LogP contribution in [-0.4, -0.2) is 32.0 Å². The molecule has 0 saturated carbocycles. The summed E-state index contributed by atoms with van der Waals surface area (Å²) in [5.41, 5.74) is 9.45. The van der Waals surface area contributed by atoms with Crippen molar-refractivity contribution >= 4 is 22.0 Å². The molecular weight excluding hydrogens is 601 g/mol. The molecule has 6 nitrogen and oxygen atoms in total. The number of rotatable bonds is 9. The second kappa shape index (κ2) is 14.2. The number of pyridine rings is 2. The fourth-order valence-electron chi connectivity index (χ4n) is 5.97. The summed E-state index contributed by atoms with van der Waals surface area (Å²) in [6.45, 7) is 4.17. The second-order valence-corrected chi connectivity index (χ2v) is 11.7. The van der Waals surface area contributed by atoms with Crippen molar-refractivity contribution < 1.29 is 0 Å². The Morgan fingerprint density at radius 1 is 0.633 bits per heavy atom. The molecule has 49 heavy (non-hydrogen) atoms. The lowest BCUT2D eigenvalue weighted by Crippen LogP contribution is -2.01. The van der Waals surface area contributed by atoms with Crippen LogP contribution in [0, 0.1) is 0 Å². The molecule has 0 radical (unpaired) electrons. The summed E-state index contributed by atoms with van der Waals surface area (Å²) < 4.78 is 0. The van der Waals surface area contributed by atoms with Crippen molar-refractivity contribution in [3.8, 4) is 56.5 Å². The number of allylic oxidation sites excluding steroid dienone is 4. The molecule has 0 amide bonds. The van der Waals surface area contributed by atoms with Gasteiger partial charge in [-0.3, -0.25) is 4.98 Å². The number of nitrogens with zero attached hydrogens (tertiary/aromatic N) is 5. The van der Waals surface area contributed by atoms with Gasteiger partial charge >= 0.3 is 0 Å². The summed E-state index contributed by atoms with van der Waals surface area (Å²) in [6.07, 6.45) is 11.1. The van der Waals surface area contributed by atoms with Gasteiger partial charge in [0, 0.05) is 58.3 Å². The van der Waals surface area contributed by atoms with E-state index < -0.39 is 0 Å². The standard InChI is InChI=1S/C43H36N6/c1-4-14-29(15-5-2)39-25-36(44-3)26-40(46-39)34-22-33(38-28-45-27-32-20-12-13-21-37(32)38)23-35(24-34)43-48-41(30-16-8-6-9-17-30)47-42(49-43)31-18-10-7-11-19-31/h4,6-28H,5H2,1-3H3,(H,44,46)/b14-4-,29-15+. The lowest BCUT2D eigenvalue weighted by molar-refractivity contribution is 1.07. The van der Waals surface area contributed by atoms with Gasteiger partial charge in [0.25, 0.3) is 0 Å². The smallest absolute Gasteiger partial charge is 0.164 e. The van der Waals surface area contributed by atoms with Crippen LogP contribution in [0.15, 0.2) is 146 Å². The van der Waals surface area contributed by atoms with Crippen LogP contribution in [0.5, 0.6) is 0 Å². The van der Waals surface area contributed by atoms with Crippen LogP contribution in [0.2, 0.25) is 0 Å². The molecule has 0 atom stereocenters. The summed E-state index contributed by atoms with van der Waals surface area (Å²) in [6, 6.07) is 39.1. The Labute approximate surface area is 287 Å². The number of hydrogen-bond donors (Lipinski definition) is 1. The topological polar surface area (TPSA) is 76.5 Å². The van der Waals surface area contributed by atoms with Crippen LogP contribution in [0.25, 0.3) is 72.9 Å². The molecule has 4 aromatic carbocycles. The average molecular weight is 637 g/mol. The number of hydrogen-bond acceptors (Lipinski definition) is 6. The van der Waals surface area contributed by atoms with Crippen LogP contribution in [0.3, 0.4) is 0 Å². The summed E-state index contributed by atoms with van der Waals surface area (Å²) in [7, 11) is 1.94. The molecular formula is C43H36N6. The Bertz CT molecular complexity index is 2250.